The van der Waals surface area contributed by atoms with Crippen molar-refractivity contribution < 1.29 is 4.79 Å². The number of hydrazone groups is 1. The molecule has 0 aromatic heterocycles. The predicted octanol–water partition coefficient (Wildman–Crippen LogP) is 4.88. The molecule has 5 heteroatoms. The predicted molar refractivity (Wildman–Crippen MR) is 129 cm³/mol. The first-order chi connectivity index (χ1) is 15.1. The summed E-state index contributed by atoms with van der Waals surface area (Å²) in [6.07, 6.45) is 4.64. The smallest absolute Gasteiger partial charge is 0.255 e. The van der Waals surface area contributed by atoms with E-state index < -0.39 is 0 Å². The van der Waals surface area contributed by atoms with Crippen molar-refractivity contribution in [3.63, 3.8) is 0 Å². The van der Waals surface area contributed by atoms with E-state index in [9.17, 15) is 4.79 Å². The molecule has 0 aliphatic carbocycles. The van der Waals surface area contributed by atoms with E-state index in [0.717, 1.165) is 48.1 Å². The number of nitrogens with two attached hydrogens (primary N) is 1. The highest BCUT2D eigenvalue weighted by Gasteiger charge is 2.24. The van der Waals surface area contributed by atoms with Gasteiger partial charge in [0.2, 0.25) is 0 Å². The van der Waals surface area contributed by atoms with Crippen molar-refractivity contribution in [1.82, 2.24) is 4.90 Å². The van der Waals surface area contributed by atoms with Crippen LogP contribution in [0.25, 0.3) is 10.8 Å². The van der Waals surface area contributed by atoms with Gasteiger partial charge in [-0.05, 0) is 70.1 Å². The van der Waals surface area contributed by atoms with Crippen LogP contribution in [0.15, 0.2) is 72.4 Å². The minimum Gasteiger partial charge on any atom is -0.323 e. The van der Waals surface area contributed by atoms with Gasteiger partial charge in [-0.1, -0.05) is 37.3 Å². The van der Waals surface area contributed by atoms with Crippen molar-refractivity contribution in [1.29, 1.82) is 0 Å². The van der Waals surface area contributed by atoms with Crippen molar-refractivity contribution in [2.24, 2.45) is 10.9 Å². The minimum absolute atomic E-state index is 0.105. The Morgan fingerprint density at radius 3 is 2.77 bits per heavy atom. The summed E-state index contributed by atoms with van der Waals surface area (Å²) >= 11 is 0. The van der Waals surface area contributed by atoms with Crippen molar-refractivity contribution in [3.05, 3.63) is 89.5 Å². The number of rotatable bonds is 6. The standard InChI is InChI=1S/C26H28N4O/c1-3-11-30-16-19(4-2)25-14-24(10-9-23(25)17-30)29-26(31)22-8-7-20-12-18(15-28-27)5-6-21(20)13-22/h3,5-10,12-15,19H,1,4,11,16-17,27H2,2H3,(H,29,31). The zero-order valence-electron chi connectivity index (χ0n) is 17.8. The van der Waals surface area contributed by atoms with Crippen LogP contribution in [-0.2, 0) is 6.54 Å². The van der Waals surface area contributed by atoms with E-state index in [-0.39, 0.29) is 5.91 Å². The van der Waals surface area contributed by atoms with Crippen LogP contribution in [0.1, 0.15) is 46.3 Å². The lowest BCUT2D eigenvalue weighted by Crippen LogP contribution is -2.33. The molecule has 0 fully saturated rings. The average Bonchev–Trinajstić information content (AvgIpc) is 2.78. The van der Waals surface area contributed by atoms with Gasteiger partial charge in [0, 0.05) is 30.9 Å². The summed E-state index contributed by atoms with van der Waals surface area (Å²) in [4.78, 5) is 15.3. The lowest BCUT2D eigenvalue weighted by atomic mass is 9.87. The molecule has 1 atom stereocenters. The van der Waals surface area contributed by atoms with Gasteiger partial charge in [-0.25, -0.2) is 0 Å². The topological polar surface area (TPSA) is 70.7 Å². The fraction of sp³-hybridized carbons (Fsp3) is 0.231. The van der Waals surface area contributed by atoms with Gasteiger partial charge in [0.15, 0.2) is 0 Å². The number of nitrogens with zero attached hydrogens (tertiary/aromatic N) is 2. The van der Waals surface area contributed by atoms with Gasteiger partial charge in [-0.15, -0.1) is 6.58 Å². The molecule has 1 aliphatic heterocycles. The van der Waals surface area contributed by atoms with E-state index in [1.54, 1.807) is 6.21 Å². The van der Waals surface area contributed by atoms with E-state index in [1.165, 1.54) is 11.1 Å². The van der Waals surface area contributed by atoms with E-state index in [0.29, 0.717) is 11.5 Å². The Hall–Kier alpha value is -3.44. The Balaban J connectivity index is 1.55. The average molecular weight is 413 g/mol. The highest BCUT2D eigenvalue weighted by Crippen LogP contribution is 2.32. The van der Waals surface area contributed by atoms with E-state index in [2.05, 4.69) is 41.0 Å². The molecule has 0 saturated carbocycles. The first-order valence-corrected chi connectivity index (χ1v) is 10.7. The molecule has 0 saturated heterocycles. The van der Waals surface area contributed by atoms with Crippen LogP contribution < -0.4 is 11.2 Å². The Bertz CT molecular complexity index is 1150. The highest BCUT2D eigenvalue weighted by molar-refractivity contribution is 6.06. The van der Waals surface area contributed by atoms with E-state index >= 15 is 0 Å². The molecule has 3 aromatic rings. The second kappa shape index (κ2) is 9.14. The molecule has 158 valence electrons. The fourth-order valence-corrected chi connectivity index (χ4v) is 4.36. The van der Waals surface area contributed by atoms with Crippen LogP contribution in [-0.4, -0.2) is 30.1 Å². The monoisotopic (exact) mass is 412 g/mol. The molecule has 3 aromatic carbocycles. The minimum atomic E-state index is -0.105. The second-order valence-corrected chi connectivity index (χ2v) is 8.06. The van der Waals surface area contributed by atoms with Crippen LogP contribution in [0, 0.1) is 0 Å². The van der Waals surface area contributed by atoms with Crippen molar-refractivity contribution >= 4 is 28.6 Å². The first kappa shape index (κ1) is 20.8. The number of nitrogens with one attached hydrogen (secondary N) is 1. The van der Waals surface area contributed by atoms with Crippen LogP contribution in [0.2, 0.25) is 0 Å². The maximum Gasteiger partial charge on any atom is 0.255 e. The molecule has 0 spiro atoms. The molecule has 0 radical (unpaired) electrons. The number of amides is 1. The zero-order chi connectivity index (χ0) is 21.8. The summed E-state index contributed by atoms with van der Waals surface area (Å²) in [5, 5.41) is 8.68. The number of benzene rings is 3. The summed E-state index contributed by atoms with van der Waals surface area (Å²) in [5.74, 6) is 5.59. The second-order valence-electron chi connectivity index (χ2n) is 8.06. The van der Waals surface area contributed by atoms with Gasteiger partial charge >= 0.3 is 0 Å². The lowest BCUT2D eigenvalue weighted by Gasteiger charge is -2.34. The number of carbonyl (C=O) groups is 1. The lowest BCUT2D eigenvalue weighted by molar-refractivity contribution is 0.102. The van der Waals surface area contributed by atoms with Gasteiger partial charge in [-0.2, -0.15) is 5.10 Å². The molecule has 5 nitrogen and oxygen atoms in total. The van der Waals surface area contributed by atoms with Gasteiger partial charge in [-0.3, -0.25) is 9.69 Å². The SMILES string of the molecule is C=CCN1Cc2ccc(NC(=O)c3ccc4cc(C=NN)ccc4c3)cc2C(CC)C1. The summed E-state index contributed by atoms with van der Waals surface area (Å²) in [6.45, 7) is 8.93. The van der Waals surface area contributed by atoms with Gasteiger partial charge < -0.3 is 11.2 Å². The number of fused-ring (bicyclic) bond motifs is 2. The van der Waals surface area contributed by atoms with Gasteiger partial charge in [0.05, 0.1) is 6.21 Å². The summed E-state index contributed by atoms with van der Waals surface area (Å²) in [7, 11) is 0. The quantitative estimate of drug-likeness (QED) is 0.262. The highest BCUT2D eigenvalue weighted by atomic mass is 16.1. The molecule has 0 bridgehead atoms. The maximum absolute atomic E-state index is 12.9. The van der Waals surface area contributed by atoms with Crippen molar-refractivity contribution in [2.75, 3.05) is 18.4 Å². The molecule has 1 unspecified atom stereocenters. The largest absolute Gasteiger partial charge is 0.323 e. The molecule has 1 heterocycles. The summed E-state index contributed by atoms with van der Waals surface area (Å²) in [5.41, 5.74) is 5.08. The Labute approximate surface area is 183 Å². The Morgan fingerprint density at radius 2 is 2.00 bits per heavy atom. The van der Waals surface area contributed by atoms with Crippen LogP contribution in [0.3, 0.4) is 0 Å². The molecule has 1 aliphatic rings. The zero-order valence-corrected chi connectivity index (χ0v) is 17.8. The molecular weight excluding hydrogens is 384 g/mol. The summed E-state index contributed by atoms with van der Waals surface area (Å²) in [6, 6.07) is 17.9. The third-order valence-corrected chi connectivity index (χ3v) is 5.95. The molecule has 4 rings (SSSR count). The van der Waals surface area contributed by atoms with Crippen molar-refractivity contribution in [2.45, 2.75) is 25.8 Å². The van der Waals surface area contributed by atoms with Crippen LogP contribution in [0.5, 0.6) is 0 Å². The molecular formula is C26H28N4O. The number of hydrogen-bond donors (Lipinski definition) is 2. The first-order valence-electron chi connectivity index (χ1n) is 10.7. The van der Waals surface area contributed by atoms with Crippen LogP contribution in [0.4, 0.5) is 5.69 Å². The van der Waals surface area contributed by atoms with E-state index in [4.69, 9.17) is 5.84 Å². The Morgan fingerprint density at radius 1 is 1.19 bits per heavy atom. The van der Waals surface area contributed by atoms with E-state index in [1.807, 2.05) is 48.5 Å². The molecule has 31 heavy (non-hydrogen) atoms. The number of anilines is 1. The number of carbonyl (C=O) groups excluding carboxylic acids is 1. The summed E-state index contributed by atoms with van der Waals surface area (Å²) < 4.78 is 0. The molecule has 1 amide bonds. The van der Waals surface area contributed by atoms with Crippen LogP contribution >= 0.6 is 0 Å². The Kier molecular flexibility index (Phi) is 6.14. The van der Waals surface area contributed by atoms with Crippen molar-refractivity contribution in [3.8, 4) is 0 Å². The third-order valence-electron chi connectivity index (χ3n) is 5.95. The maximum atomic E-state index is 12.9. The van der Waals surface area contributed by atoms with Gasteiger partial charge in [0.1, 0.15) is 0 Å². The third kappa shape index (κ3) is 4.52. The fourth-order valence-electron chi connectivity index (χ4n) is 4.36. The molecule has 3 N–H and O–H groups in total. The van der Waals surface area contributed by atoms with Gasteiger partial charge in [0.25, 0.3) is 5.91 Å². The normalized spacial score (nSPS) is 16.4. The number of hydrogen-bond acceptors (Lipinski definition) is 4.